The Balaban J connectivity index is 2.11. The van der Waals surface area contributed by atoms with Crippen LogP contribution < -0.4 is 10.0 Å². The lowest BCUT2D eigenvalue weighted by Gasteiger charge is -2.05. The molecule has 0 fully saturated rings. The van der Waals surface area contributed by atoms with Crippen LogP contribution in [0.25, 0.3) is 0 Å². The Morgan fingerprint density at radius 2 is 2.16 bits per heavy atom. The summed E-state index contributed by atoms with van der Waals surface area (Å²) in [6, 6.07) is 0. The summed E-state index contributed by atoms with van der Waals surface area (Å²) in [4.78, 5) is 4.95. The summed E-state index contributed by atoms with van der Waals surface area (Å²) in [5.74, 6) is 0. The number of hydrogen-bond acceptors (Lipinski definition) is 6. The number of sulfonamides is 1. The molecule has 0 amide bonds. The molecule has 3 N–H and O–H groups in total. The molecule has 2 aromatic heterocycles. The van der Waals surface area contributed by atoms with Gasteiger partial charge >= 0.3 is 0 Å². The normalized spacial score (nSPS) is 11.9. The topological polar surface area (TPSA) is 99.8 Å². The van der Waals surface area contributed by atoms with Crippen LogP contribution in [0.4, 0.5) is 0 Å². The van der Waals surface area contributed by atoms with E-state index in [-0.39, 0.29) is 11.6 Å². The molecule has 0 spiro atoms. The number of nitrogens with one attached hydrogen (secondary N) is 3. The quantitative estimate of drug-likeness (QED) is 0.716. The molecule has 2 heterocycles. The maximum absolute atomic E-state index is 12.1. The smallest absolute Gasteiger partial charge is 0.258 e. The second kappa shape index (κ2) is 5.78. The summed E-state index contributed by atoms with van der Waals surface area (Å²) >= 11 is 1.46. The highest BCUT2D eigenvalue weighted by atomic mass is 32.2. The van der Waals surface area contributed by atoms with Crippen molar-refractivity contribution in [3.8, 4) is 0 Å². The van der Waals surface area contributed by atoms with Crippen LogP contribution in [-0.2, 0) is 23.1 Å². The monoisotopic (exact) mass is 301 g/mol. The Labute approximate surface area is 115 Å². The minimum atomic E-state index is -3.59. The molecule has 7 nitrogen and oxygen atoms in total. The van der Waals surface area contributed by atoms with Crippen LogP contribution in [0, 0.1) is 6.92 Å². The molecule has 0 aromatic carbocycles. The molecule has 104 valence electrons. The summed E-state index contributed by atoms with van der Waals surface area (Å²) < 4.78 is 26.8. The second-order valence-corrected chi connectivity index (χ2v) is 6.95. The number of aromatic amines is 1. The van der Waals surface area contributed by atoms with Gasteiger partial charge in [0.25, 0.3) is 10.0 Å². The molecule has 2 rings (SSSR count). The van der Waals surface area contributed by atoms with Crippen LogP contribution in [0.2, 0.25) is 0 Å². The molecule has 2 aromatic rings. The van der Waals surface area contributed by atoms with Crippen LogP contribution in [0.1, 0.15) is 15.4 Å². The van der Waals surface area contributed by atoms with Crippen LogP contribution >= 0.6 is 11.3 Å². The average molecular weight is 301 g/mol. The Hall–Kier alpha value is -1.29. The Morgan fingerprint density at radius 1 is 1.37 bits per heavy atom. The van der Waals surface area contributed by atoms with E-state index in [1.807, 2.05) is 6.92 Å². The van der Waals surface area contributed by atoms with Gasteiger partial charge in [-0.15, -0.1) is 11.3 Å². The first kappa shape index (κ1) is 14.1. The molecule has 0 bridgehead atoms. The zero-order valence-corrected chi connectivity index (χ0v) is 12.2. The summed E-state index contributed by atoms with van der Waals surface area (Å²) in [6.45, 7) is 2.54. The molecule has 0 unspecified atom stereocenters. The van der Waals surface area contributed by atoms with Crippen LogP contribution in [-0.4, -0.2) is 30.6 Å². The van der Waals surface area contributed by atoms with Crippen molar-refractivity contribution in [3.05, 3.63) is 27.8 Å². The highest BCUT2D eigenvalue weighted by Crippen LogP contribution is 2.14. The first-order valence-corrected chi connectivity index (χ1v) is 7.90. The lowest BCUT2D eigenvalue weighted by molar-refractivity contribution is 0.575. The van der Waals surface area contributed by atoms with Gasteiger partial charge in [0.15, 0.2) is 5.03 Å². The van der Waals surface area contributed by atoms with Gasteiger partial charge in [-0.1, -0.05) is 0 Å². The second-order valence-electron chi connectivity index (χ2n) is 3.92. The van der Waals surface area contributed by atoms with E-state index in [0.29, 0.717) is 12.1 Å². The Bertz CT molecular complexity index is 646. The molecule has 0 saturated carbocycles. The average Bonchev–Trinajstić information content (AvgIpc) is 2.97. The third-order valence-corrected chi connectivity index (χ3v) is 4.75. The van der Waals surface area contributed by atoms with E-state index in [2.05, 4.69) is 25.2 Å². The van der Waals surface area contributed by atoms with E-state index in [1.54, 1.807) is 13.2 Å². The summed E-state index contributed by atoms with van der Waals surface area (Å²) in [6.07, 6.45) is 3.17. The molecule has 0 saturated heterocycles. The van der Waals surface area contributed by atoms with Crippen molar-refractivity contribution in [2.24, 2.45) is 0 Å². The van der Waals surface area contributed by atoms with Crippen molar-refractivity contribution >= 4 is 21.4 Å². The number of hydrogen-bond donors (Lipinski definition) is 3. The van der Waals surface area contributed by atoms with Gasteiger partial charge in [-0.05, 0) is 14.0 Å². The largest absolute Gasteiger partial charge is 0.316 e. The van der Waals surface area contributed by atoms with Gasteiger partial charge in [-0.3, -0.25) is 5.10 Å². The van der Waals surface area contributed by atoms with E-state index in [1.165, 1.54) is 17.5 Å². The maximum Gasteiger partial charge on any atom is 0.258 e. The van der Waals surface area contributed by atoms with Gasteiger partial charge in [0.2, 0.25) is 0 Å². The fraction of sp³-hybridized carbons (Fsp3) is 0.400. The van der Waals surface area contributed by atoms with Crippen molar-refractivity contribution in [3.63, 3.8) is 0 Å². The summed E-state index contributed by atoms with van der Waals surface area (Å²) in [5.41, 5.74) is 0.607. The van der Waals surface area contributed by atoms with Gasteiger partial charge in [0, 0.05) is 29.7 Å². The molecule has 0 radical (unpaired) electrons. The number of thiazole rings is 1. The molecule has 0 aliphatic rings. The van der Waals surface area contributed by atoms with Crippen molar-refractivity contribution in [2.45, 2.75) is 25.0 Å². The number of aryl methyl sites for hydroxylation is 1. The van der Waals surface area contributed by atoms with Crippen LogP contribution in [0.3, 0.4) is 0 Å². The summed E-state index contributed by atoms with van der Waals surface area (Å²) in [5, 5.41) is 10.2. The maximum atomic E-state index is 12.1. The fourth-order valence-electron chi connectivity index (χ4n) is 1.57. The number of nitrogens with zero attached hydrogens (tertiary/aromatic N) is 2. The van der Waals surface area contributed by atoms with Gasteiger partial charge in [0.05, 0.1) is 11.2 Å². The molecular formula is C10H15N5O2S2. The molecular weight excluding hydrogens is 286 g/mol. The van der Waals surface area contributed by atoms with E-state index in [9.17, 15) is 8.42 Å². The Kier molecular flexibility index (Phi) is 4.30. The molecule has 0 atom stereocenters. The fourth-order valence-corrected chi connectivity index (χ4v) is 3.53. The molecule has 9 heteroatoms. The third kappa shape index (κ3) is 3.38. The van der Waals surface area contributed by atoms with Gasteiger partial charge in [-0.2, -0.15) is 5.10 Å². The lowest BCUT2D eigenvalue weighted by Crippen LogP contribution is -2.25. The zero-order chi connectivity index (χ0) is 13.9. The first-order valence-electron chi connectivity index (χ1n) is 5.61. The highest BCUT2D eigenvalue weighted by molar-refractivity contribution is 7.89. The predicted molar refractivity (Wildman–Crippen MR) is 72.2 cm³/mol. The SMILES string of the molecule is CNCc1cn[nH]c1S(=O)(=O)NCc1cnc(C)s1. The standard InChI is InChI=1S/C10H15N5O2S2/c1-7-12-5-9(18-7)6-14-19(16,17)10-8(3-11-2)4-13-15-10/h4-5,11,14H,3,6H2,1-2H3,(H,13,15). The van der Waals surface area contributed by atoms with Gasteiger partial charge in [0.1, 0.15) is 0 Å². The highest BCUT2D eigenvalue weighted by Gasteiger charge is 2.20. The van der Waals surface area contributed by atoms with E-state index in [0.717, 1.165) is 9.88 Å². The summed E-state index contributed by atoms with van der Waals surface area (Å²) in [7, 11) is -1.84. The van der Waals surface area contributed by atoms with Gasteiger partial charge in [-0.25, -0.2) is 18.1 Å². The predicted octanol–water partition coefficient (Wildman–Crippen LogP) is 0.373. The van der Waals surface area contributed by atoms with E-state index in [4.69, 9.17) is 0 Å². The van der Waals surface area contributed by atoms with Crippen molar-refractivity contribution in [2.75, 3.05) is 7.05 Å². The number of aromatic nitrogens is 3. The van der Waals surface area contributed by atoms with Crippen LogP contribution in [0.15, 0.2) is 17.4 Å². The molecule has 0 aliphatic heterocycles. The lowest BCUT2D eigenvalue weighted by atomic mass is 10.4. The minimum Gasteiger partial charge on any atom is -0.316 e. The minimum absolute atomic E-state index is 0.100. The van der Waals surface area contributed by atoms with Crippen molar-refractivity contribution in [1.29, 1.82) is 0 Å². The number of rotatable bonds is 6. The zero-order valence-electron chi connectivity index (χ0n) is 10.6. The third-order valence-electron chi connectivity index (χ3n) is 2.42. The van der Waals surface area contributed by atoms with E-state index < -0.39 is 10.0 Å². The van der Waals surface area contributed by atoms with Crippen molar-refractivity contribution < 1.29 is 8.42 Å². The van der Waals surface area contributed by atoms with Crippen molar-refractivity contribution in [1.82, 2.24) is 25.2 Å². The van der Waals surface area contributed by atoms with Crippen LogP contribution in [0.5, 0.6) is 0 Å². The molecule has 0 aliphatic carbocycles. The van der Waals surface area contributed by atoms with Gasteiger partial charge < -0.3 is 5.32 Å². The molecule has 19 heavy (non-hydrogen) atoms. The Morgan fingerprint density at radius 3 is 2.79 bits per heavy atom. The van der Waals surface area contributed by atoms with E-state index >= 15 is 0 Å². The number of H-pyrrole nitrogens is 1. The first-order chi connectivity index (χ1) is 9.03.